The van der Waals surface area contributed by atoms with Crippen LogP contribution in [0.1, 0.15) is 12.8 Å². The Morgan fingerprint density at radius 1 is 1.41 bits per heavy atom. The monoisotopic (exact) mass is 271 g/mol. The number of nitrogens with zero attached hydrogens (tertiary/aromatic N) is 1. The normalized spacial score (nSPS) is 18.4. The number of hydrogen-bond acceptors (Lipinski definition) is 3. The second kappa shape index (κ2) is 6.34. The van der Waals surface area contributed by atoms with Crippen molar-refractivity contribution in [2.45, 2.75) is 24.4 Å². The first kappa shape index (κ1) is 14.4. The Kier molecular flexibility index (Phi) is 5.38. The summed E-state index contributed by atoms with van der Waals surface area (Å²) in [7, 11) is 0. The van der Waals surface area contributed by atoms with Crippen LogP contribution in [0.4, 0.5) is 18.0 Å². The molecule has 100 valence electrons. The van der Waals surface area contributed by atoms with Crippen molar-refractivity contribution in [1.29, 1.82) is 0 Å². The molecule has 8 heteroatoms. The molecule has 0 aromatic carbocycles. The van der Waals surface area contributed by atoms with Crippen LogP contribution in [-0.4, -0.2) is 47.9 Å². The van der Waals surface area contributed by atoms with Crippen LogP contribution in [-0.2, 0) is 0 Å². The fourth-order valence-electron chi connectivity index (χ4n) is 1.73. The molecule has 1 heterocycles. The maximum Gasteiger partial charge on any atom is 0.441 e. The number of nitrogens with one attached hydrogen (secondary N) is 1. The van der Waals surface area contributed by atoms with Crippen LogP contribution in [0.25, 0.3) is 0 Å². The van der Waals surface area contributed by atoms with Gasteiger partial charge in [-0.15, -0.1) is 0 Å². The van der Waals surface area contributed by atoms with Crippen molar-refractivity contribution in [3.8, 4) is 0 Å². The summed E-state index contributed by atoms with van der Waals surface area (Å²) in [5, 5.41) is 3.05. The van der Waals surface area contributed by atoms with E-state index in [2.05, 4.69) is 5.32 Å². The van der Waals surface area contributed by atoms with E-state index < -0.39 is 11.5 Å². The van der Waals surface area contributed by atoms with Gasteiger partial charge < -0.3 is 16.0 Å². The van der Waals surface area contributed by atoms with Crippen molar-refractivity contribution < 1.29 is 18.0 Å². The molecular formula is C9H16F3N3OS. The number of carbonyl (C=O) groups excluding carboxylic acids is 1. The minimum absolute atomic E-state index is 0.0134. The second-order valence-corrected chi connectivity index (χ2v) is 5.01. The number of thioether (sulfide) groups is 1. The molecule has 4 nitrogen and oxygen atoms in total. The summed E-state index contributed by atoms with van der Waals surface area (Å²) < 4.78 is 35.5. The first-order chi connectivity index (χ1) is 7.88. The molecule has 1 aliphatic rings. The first-order valence-corrected chi connectivity index (χ1v) is 6.35. The van der Waals surface area contributed by atoms with Gasteiger partial charge in [0.2, 0.25) is 0 Å². The molecule has 1 aliphatic heterocycles. The highest BCUT2D eigenvalue weighted by atomic mass is 32.2. The van der Waals surface area contributed by atoms with E-state index >= 15 is 0 Å². The molecule has 0 saturated carbocycles. The Morgan fingerprint density at radius 2 is 2.00 bits per heavy atom. The number of rotatable bonds is 4. The molecule has 1 saturated heterocycles. The average Bonchev–Trinajstić information content (AvgIpc) is 2.24. The van der Waals surface area contributed by atoms with Crippen molar-refractivity contribution in [3.05, 3.63) is 0 Å². The number of likely N-dealkylation sites (tertiary alicyclic amines) is 1. The van der Waals surface area contributed by atoms with Crippen LogP contribution in [0.15, 0.2) is 0 Å². The van der Waals surface area contributed by atoms with Gasteiger partial charge in [0.05, 0.1) is 0 Å². The lowest BCUT2D eigenvalue weighted by atomic mass is 10.1. The molecule has 0 bridgehead atoms. The second-order valence-electron chi connectivity index (χ2n) is 3.85. The van der Waals surface area contributed by atoms with Gasteiger partial charge >= 0.3 is 11.5 Å². The molecule has 2 amide bonds. The van der Waals surface area contributed by atoms with E-state index in [4.69, 9.17) is 5.73 Å². The predicted molar refractivity (Wildman–Crippen MR) is 60.7 cm³/mol. The van der Waals surface area contributed by atoms with E-state index in [0.717, 1.165) is 12.8 Å². The zero-order valence-electron chi connectivity index (χ0n) is 9.29. The predicted octanol–water partition coefficient (Wildman–Crippen LogP) is 1.37. The number of primary amides is 1. The number of hydrogen-bond donors (Lipinski definition) is 2. The number of amides is 2. The van der Waals surface area contributed by atoms with Gasteiger partial charge in [0.15, 0.2) is 0 Å². The SMILES string of the molecule is NC(=O)N1CCC(NCCSC(F)(F)F)CC1. The van der Waals surface area contributed by atoms with E-state index in [1.54, 1.807) is 4.90 Å². The standard InChI is InChI=1S/C9H16F3N3OS/c10-9(11,12)17-6-3-14-7-1-4-15(5-2-7)8(13)16/h7,14H,1-6H2,(H2,13,16). The van der Waals surface area contributed by atoms with Crippen LogP contribution in [0, 0.1) is 0 Å². The molecule has 0 aromatic rings. The molecule has 0 spiro atoms. The summed E-state index contributed by atoms with van der Waals surface area (Å²) in [6.07, 6.45) is 1.47. The lowest BCUT2D eigenvalue weighted by molar-refractivity contribution is -0.0327. The highest BCUT2D eigenvalue weighted by Crippen LogP contribution is 2.29. The Labute approximate surface area is 102 Å². The number of piperidine rings is 1. The van der Waals surface area contributed by atoms with E-state index in [0.29, 0.717) is 19.6 Å². The maximum absolute atomic E-state index is 11.8. The minimum Gasteiger partial charge on any atom is -0.351 e. The van der Waals surface area contributed by atoms with E-state index in [1.807, 2.05) is 0 Å². The summed E-state index contributed by atoms with van der Waals surface area (Å²) in [4.78, 5) is 12.4. The Bertz CT molecular complexity index is 254. The van der Waals surface area contributed by atoms with Gasteiger partial charge in [-0.1, -0.05) is 0 Å². The fraction of sp³-hybridized carbons (Fsp3) is 0.889. The van der Waals surface area contributed by atoms with Gasteiger partial charge in [0.1, 0.15) is 0 Å². The van der Waals surface area contributed by atoms with E-state index in [1.165, 1.54) is 0 Å². The van der Waals surface area contributed by atoms with Gasteiger partial charge in [0, 0.05) is 31.4 Å². The summed E-state index contributed by atoms with van der Waals surface area (Å²) >= 11 is -0.0194. The molecule has 1 rings (SSSR count). The third kappa shape index (κ3) is 6.02. The smallest absolute Gasteiger partial charge is 0.351 e. The van der Waals surface area contributed by atoms with Crippen LogP contribution in [0.5, 0.6) is 0 Å². The highest BCUT2D eigenvalue weighted by Gasteiger charge is 2.27. The van der Waals surface area contributed by atoms with Crippen LogP contribution < -0.4 is 11.1 Å². The average molecular weight is 271 g/mol. The van der Waals surface area contributed by atoms with E-state index in [-0.39, 0.29) is 23.6 Å². The summed E-state index contributed by atoms with van der Waals surface area (Å²) in [5.41, 5.74) is 0.965. The van der Waals surface area contributed by atoms with Crippen molar-refractivity contribution in [2.24, 2.45) is 5.73 Å². The van der Waals surface area contributed by atoms with Gasteiger partial charge in [-0.2, -0.15) is 13.2 Å². The molecule has 17 heavy (non-hydrogen) atoms. The molecule has 0 atom stereocenters. The molecule has 0 aliphatic carbocycles. The lowest BCUT2D eigenvalue weighted by Crippen LogP contribution is -2.47. The van der Waals surface area contributed by atoms with Gasteiger partial charge in [-0.25, -0.2) is 4.79 Å². The quantitative estimate of drug-likeness (QED) is 0.759. The van der Waals surface area contributed by atoms with Crippen LogP contribution >= 0.6 is 11.8 Å². The largest absolute Gasteiger partial charge is 0.441 e. The van der Waals surface area contributed by atoms with Gasteiger partial charge in [0.25, 0.3) is 0 Å². The molecule has 0 radical (unpaired) electrons. The number of carbonyl (C=O) groups is 1. The van der Waals surface area contributed by atoms with Gasteiger partial charge in [-0.3, -0.25) is 0 Å². The maximum atomic E-state index is 11.8. The number of alkyl halides is 3. The fourth-order valence-corrected chi connectivity index (χ4v) is 2.19. The van der Waals surface area contributed by atoms with Crippen molar-refractivity contribution in [2.75, 3.05) is 25.4 Å². The van der Waals surface area contributed by atoms with Crippen molar-refractivity contribution >= 4 is 17.8 Å². The zero-order chi connectivity index (χ0) is 12.9. The number of nitrogens with two attached hydrogens (primary N) is 1. The van der Waals surface area contributed by atoms with Crippen molar-refractivity contribution in [1.82, 2.24) is 10.2 Å². The van der Waals surface area contributed by atoms with Crippen molar-refractivity contribution in [3.63, 3.8) is 0 Å². The third-order valence-corrected chi connectivity index (χ3v) is 3.34. The summed E-state index contributed by atoms with van der Waals surface area (Å²) in [6.45, 7) is 1.46. The number of urea groups is 1. The Hall–Kier alpha value is -0.630. The topological polar surface area (TPSA) is 58.4 Å². The van der Waals surface area contributed by atoms with E-state index in [9.17, 15) is 18.0 Å². The molecule has 1 fully saturated rings. The Balaban J connectivity index is 2.09. The number of halogens is 3. The zero-order valence-corrected chi connectivity index (χ0v) is 10.1. The lowest BCUT2D eigenvalue weighted by Gasteiger charge is -2.31. The summed E-state index contributed by atoms with van der Waals surface area (Å²) in [5.74, 6) is 0.0134. The Morgan fingerprint density at radius 3 is 2.47 bits per heavy atom. The van der Waals surface area contributed by atoms with Crippen LogP contribution in [0.3, 0.4) is 0 Å². The molecule has 3 N–H and O–H groups in total. The molecule has 0 unspecified atom stereocenters. The van der Waals surface area contributed by atoms with Crippen LogP contribution in [0.2, 0.25) is 0 Å². The van der Waals surface area contributed by atoms with Gasteiger partial charge in [-0.05, 0) is 24.6 Å². The third-order valence-electron chi connectivity index (χ3n) is 2.61. The molecule has 0 aromatic heterocycles. The highest BCUT2D eigenvalue weighted by molar-refractivity contribution is 8.00. The molecular weight excluding hydrogens is 255 g/mol. The first-order valence-electron chi connectivity index (χ1n) is 5.37. The summed E-state index contributed by atoms with van der Waals surface area (Å²) in [6, 6.07) is -0.254. The minimum atomic E-state index is -4.16.